The fourth-order valence-electron chi connectivity index (χ4n) is 1.83. The van der Waals surface area contributed by atoms with Gasteiger partial charge in [-0.15, -0.1) is 0 Å². The van der Waals surface area contributed by atoms with Crippen LogP contribution in [-0.2, 0) is 19.1 Å². The lowest BCUT2D eigenvalue weighted by Crippen LogP contribution is -2.38. The van der Waals surface area contributed by atoms with Crippen molar-refractivity contribution in [2.24, 2.45) is 0 Å². The van der Waals surface area contributed by atoms with Crippen molar-refractivity contribution in [3.05, 3.63) is 29.8 Å². The van der Waals surface area contributed by atoms with E-state index in [2.05, 4.69) is 5.32 Å². The molecule has 0 atom stereocenters. The number of hydrogen-bond acceptors (Lipinski definition) is 5. The lowest BCUT2D eigenvalue weighted by Gasteiger charge is -2.20. The summed E-state index contributed by atoms with van der Waals surface area (Å²) in [5.41, 5.74) is 0.952. The highest BCUT2D eigenvalue weighted by molar-refractivity contribution is 5.95. The summed E-state index contributed by atoms with van der Waals surface area (Å²) >= 11 is 0. The quantitative estimate of drug-likeness (QED) is 0.729. The molecular formula is C16H22N2O5. The molecule has 0 aliphatic rings. The van der Waals surface area contributed by atoms with E-state index in [1.54, 1.807) is 31.2 Å². The minimum absolute atomic E-state index is 0.0572. The average molecular weight is 322 g/mol. The molecule has 0 spiro atoms. The number of benzene rings is 1. The Labute approximate surface area is 135 Å². The molecule has 0 aliphatic carbocycles. The van der Waals surface area contributed by atoms with Crippen molar-refractivity contribution in [2.45, 2.75) is 13.8 Å². The number of nitrogens with one attached hydrogen (secondary N) is 1. The fourth-order valence-corrected chi connectivity index (χ4v) is 1.83. The molecule has 1 aromatic carbocycles. The van der Waals surface area contributed by atoms with Crippen molar-refractivity contribution in [1.29, 1.82) is 0 Å². The third kappa shape index (κ3) is 6.48. The van der Waals surface area contributed by atoms with Crippen LogP contribution < -0.4 is 5.32 Å². The normalized spacial score (nSPS) is 10.0. The van der Waals surface area contributed by atoms with E-state index in [1.165, 1.54) is 18.9 Å². The minimum Gasteiger partial charge on any atom is -0.462 e. The van der Waals surface area contributed by atoms with Crippen molar-refractivity contribution >= 4 is 23.5 Å². The van der Waals surface area contributed by atoms with Crippen LogP contribution in [0.1, 0.15) is 24.2 Å². The first-order valence-electron chi connectivity index (χ1n) is 7.29. The zero-order valence-corrected chi connectivity index (χ0v) is 13.6. The van der Waals surface area contributed by atoms with Gasteiger partial charge in [-0.2, -0.15) is 0 Å². The van der Waals surface area contributed by atoms with Crippen LogP contribution in [0.5, 0.6) is 0 Å². The number of nitrogens with zero attached hydrogens (tertiary/aromatic N) is 1. The van der Waals surface area contributed by atoms with Gasteiger partial charge in [0.2, 0.25) is 11.8 Å². The van der Waals surface area contributed by atoms with E-state index in [9.17, 15) is 14.4 Å². The summed E-state index contributed by atoms with van der Waals surface area (Å²) in [6, 6.07) is 6.36. The topological polar surface area (TPSA) is 84.9 Å². The third-order valence-electron chi connectivity index (χ3n) is 3.02. The van der Waals surface area contributed by atoms with E-state index < -0.39 is 5.97 Å². The first-order valence-corrected chi connectivity index (χ1v) is 7.29. The van der Waals surface area contributed by atoms with E-state index in [0.29, 0.717) is 31.0 Å². The van der Waals surface area contributed by atoms with Gasteiger partial charge in [0.25, 0.3) is 0 Å². The van der Waals surface area contributed by atoms with Gasteiger partial charge in [0.15, 0.2) is 0 Å². The van der Waals surface area contributed by atoms with Crippen LogP contribution in [0, 0.1) is 0 Å². The maximum atomic E-state index is 12.0. The van der Waals surface area contributed by atoms with Crippen LogP contribution in [0.15, 0.2) is 24.3 Å². The Kier molecular flexibility index (Phi) is 7.76. The highest BCUT2D eigenvalue weighted by Crippen LogP contribution is 2.10. The number of hydrogen-bond donors (Lipinski definition) is 1. The maximum Gasteiger partial charge on any atom is 0.338 e. The molecule has 0 bridgehead atoms. The molecule has 0 unspecified atom stereocenters. The minimum atomic E-state index is -0.410. The van der Waals surface area contributed by atoms with Gasteiger partial charge >= 0.3 is 5.97 Å². The molecule has 1 N–H and O–H groups in total. The van der Waals surface area contributed by atoms with Crippen molar-refractivity contribution in [3.8, 4) is 0 Å². The summed E-state index contributed by atoms with van der Waals surface area (Å²) in [7, 11) is 1.53. The van der Waals surface area contributed by atoms with Gasteiger partial charge in [-0.1, -0.05) is 0 Å². The molecule has 2 amide bonds. The summed E-state index contributed by atoms with van der Waals surface area (Å²) in [5.74, 6) is -0.928. The molecule has 0 fully saturated rings. The summed E-state index contributed by atoms with van der Waals surface area (Å²) in [5, 5.41) is 2.68. The predicted octanol–water partition coefficient (Wildman–Crippen LogP) is 1.30. The molecule has 1 rings (SSSR count). The van der Waals surface area contributed by atoms with E-state index >= 15 is 0 Å². The molecule has 0 aromatic heterocycles. The second kappa shape index (κ2) is 9.58. The van der Waals surface area contributed by atoms with Crippen molar-refractivity contribution in [1.82, 2.24) is 4.90 Å². The number of methoxy groups -OCH3 is 1. The van der Waals surface area contributed by atoms with E-state index in [1.807, 2.05) is 0 Å². The highest BCUT2D eigenvalue weighted by atomic mass is 16.5. The van der Waals surface area contributed by atoms with Crippen molar-refractivity contribution in [2.75, 3.05) is 38.7 Å². The lowest BCUT2D eigenvalue weighted by atomic mass is 10.2. The molecule has 7 heteroatoms. The Balaban J connectivity index is 2.59. The Hall–Kier alpha value is -2.41. The number of esters is 1. The number of amides is 2. The zero-order valence-electron chi connectivity index (χ0n) is 13.6. The van der Waals surface area contributed by atoms with Crippen molar-refractivity contribution in [3.63, 3.8) is 0 Å². The highest BCUT2D eigenvalue weighted by Gasteiger charge is 2.13. The van der Waals surface area contributed by atoms with Crippen LogP contribution >= 0.6 is 0 Å². The Bertz CT molecular complexity index is 542. The number of rotatable bonds is 8. The molecule has 23 heavy (non-hydrogen) atoms. The average Bonchev–Trinajstić information content (AvgIpc) is 2.52. The summed E-state index contributed by atoms with van der Waals surface area (Å²) < 4.78 is 9.79. The standard InChI is InChI=1S/C16H22N2O5/c1-4-23-16(21)13-5-7-14(8-6-13)17-15(20)11-18(12(2)19)9-10-22-3/h5-8H,4,9-11H2,1-3H3,(H,17,20). The second-order valence-corrected chi connectivity index (χ2v) is 4.78. The number of carbonyl (C=O) groups is 3. The zero-order chi connectivity index (χ0) is 17.2. The SMILES string of the molecule is CCOC(=O)c1ccc(NC(=O)CN(CCOC)C(C)=O)cc1. The second-order valence-electron chi connectivity index (χ2n) is 4.78. The number of ether oxygens (including phenoxy) is 2. The van der Waals surface area contributed by atoms with Gasteiger partial charge in [-0.25, -0.2) is 4.79 Å². The van der Waals surface area contributed by atoms with Gasteiger partial charge in [-0.3, -0.25) is 9.59 Å². The van der Waals surface area contributed by atoms with Crippen LogP contribution in [0.2, 0.25) is 0 Å². The van der Waals surface area contributed by atoms with Crippen LogP contribution in [0.3, 0.4) is 0 Å². The smallest absolute Gasteiger partial charge is 0.338 e. The first-order chi connectivity index (χ1) is 11.0. The Morgan fingerprint density at radius 3 is 2.35 bits per heavy atom. The monoisotopic (exact) mass is 322 g/mol. The number of anilines is 1. The molecule has 126 valence electrons. The molecule has 0 radical (unpaired) electrons. The Morgan fingerprint density at radius 2 is 1.83 bits per heavy atom. The molecule has 0 aliphatic heterocycles. The van der Waals surface area contributed by atoms with Crippen LogP contribution in [-0.4, -0.2) is 56.1 Å². The largest absolute Gasteiger partial charge is 0.462 e. The molecule has 0 heterocycles. The summed E-state index contributed by atoms with van der Waals surface area (Å²) in [6.07, 6.45) is 0. The van der Waals surface area contributed by atoms with Gasteiger partial charge < -0.3 is 19.7 Å². The summed E-state index contributed by atoms with van der Waals surface area (Å²) in [4.78, 5) is 36.4. The predicted molar refractivity (Wildman–Crippen MR) is 85.2 cm³/mol. The van der Waals surface area contributed by atoms with Crippen molar-refractivity contribution < 1.29 is 23.9 Å². The van der Waals surface area contributed by atoms with Crippen LogP contribution in [0.4, 0.5) is 5.69 Å². The van der Waals surface area contributed by atoms with E-state index in [0.717, 1.165) is 0 Å². The van der Waals surface area contributed by atoms with Gasteiger partial charge in [0, 0.05) is 26.3 Å². The molecule has 1 aromatic rings. The van der Waals surface area contributed by atoms with Gasteiger partial charge in [0.05, 0.1) is 25.3 Å². The molecule has 7 nitrogen and oxygen atoms in total. The molecular weight excluding hydrogens is 300 g/mol. The fraction of sp³-hybridized carbons (Fsp3) is 0.438. The maximum absolute atomic E-state index is 12.0. The number of carbonyl (C=O) groups excluding carboxylic acids is 3. The Morgan fingerprint density at radius 1 is 1.17 bits per heavy atom. The third-order valence-corrected chi connectivity index (χ3v) is 3.02. The lowest BCUT2D eigenvalue weighted by molar-refractivity contribution is -0.133. The molecule has 0 saturated carbocycles. The first kappa shape index (κ1) is 18.6. The van der Waals surface area contributed by atoms with Crippen LogP contribution in [0.25, 0.3) is 0 Å². The van der Waals surface area contributed by atoms with E-state index in [-0.39, 0.29) is 18.4 Å². The van der Waals surface area contributed by atoms with E-state index in [4.69, 9.17) is 9.47 Å². The van der Waals surface area contributed by atoms with Gasteiger partial charge in [0.1, 0.15) is 0 Å². The summed E-state index contributed by atoms with van der Waals surface area (Å²) in [6.45, 7) is 4.09. The molecule has 0 saturated heterocycles. The van der Waals surface area contributed by atoms with Gasteiger partial charge in [-0.05, 0) is 31.2 Å².